The molecule has 0 radical (unpaired) electrons. The highest BCUT2D eigenvalue weighted by atomic mass is 16.2. The van der Waals surface area contributed by atoms with Crippen molar-refractivity contribution in [1.82, 2.24) is 4.90 Å². The lowest BCUT2D eigenvalue weighted by molar-refractivity contribution is -0.146. The Morgan fingerprint density at radius 3 is 1.63 bits per heavy atom. The first-order valence-electron chi connectivity index (χ1n) is 13.3. The van der Waals surface area contributed by atoms with Crippen LogP contribution in [0.15, 0.2) is 121 Å². The maximum atomic E-state index is 14.7. The second-order valence-corrected chi connectivity index (χ2v) is 10.4. The number of carbonyl (C=O) groups excluding carboxylic acids is 2. The van der Waals surface area contributed by atoms with Crippen molar-refractivity contribution in [3.63, 3.8) is 0 Å². The molecule has 2 N–H and O–H groups in total. The zero-order valence-corrected chi connectivity index (χ0v) is 21.8. The number of nitrogens with zero attached hydrogens (tertiary/aromatic N) is 1. The molecule has 38 heavy (non-hydrogen) atoms. The van der Waals surface area contributed by atoms with E-state index in [1.165, 1.54) is 0 Å². The van der Waals surface area contributed by atoms with Crippen LogP contribution in [0.3, 0.4) is 0 Å². The molecule has 0 spiro atoms. The van der Waals surface area contributed by atoms with E-state index in [0.717, 1.165) is 28.7 Å². The van der Waals surface area contributed by atoms with Crippen LogP contribution in [-0.2, 0) is 20.4 Å². The van der Waals surface area contributed by atoms with Gasteiger partial charge in [-0.25, -0.2) is 0 Å². The van der Waals surface area contributed by atoms with E-state index >= 15 is 0 Å². The Labute approximate surface area is 225 Å². The third kappa shape index (κ3) is 4.51. The summed E-state index contributed by atoms with van der Waals surface area (Å²) >= 11 is 0. The molecule has 1 aliphatic rings. The van der Waals surface area contributed by atoms with E-state index in [-0.39, 0.29) is 5.91 Å². The average Bonchev–Trinajstić information content (AvgIpc) is 2.98. The number of carbonyl (C=O) groups is 2. The van der Waals surface area contributed by atoms with E-state index in [0.29, 0.717) is 19.4 Å². The van der Waals surface area contributed by atoms with Gasteiger partial charge in [0.2, 0.25) is 11.8 Å². The maximum absolute atomic E-state index is 14.7. The Hall–Kier alpha value is -4.18. The van der Waals surface area contributed by atoms with Gasteiger partial charge in [-0.1, -0.05) is 128 Å². The zero-order chi connectivity index (χ0) is 26.6. The van der Waals surface area contributed by atoms with Crippen molar-refractivity contribution in [2.24, 2.45) is 5.73 Å². The molecule has 4 aromatic carbocycles. The van der Waals surface area contributed by atoms with Crippen LogP contribution in [0.1, 0.15) is 48.4 Å². The average molecular weight is 503 g/mol. The molecular formula is C34H34N2O2. The van der Waals surface area contributed by atoms with Crippen molar-refractivity contribution >= 4 is 11.8 Å². The van der Waals surface area contributed by atoms with E-state index in [1.54, 1.807) is 4.90 Å². The highest BCUT2D eigenvalue weighted by Crippen LogP contribution is 2.44. The number of hydrogen-bond donors (Lipinski definition) is 1. The molecule has 0 bridgehead atoms. The Bertz CT molecular complexity index is 1290. The van der Waals surface area contributed by atoms with Gasteiger partial charge in [-0.3, -0.25) is 9.59 Å². The van der Waals surface area contributed by atoms with Gasteiger partial charge >= 0.3 is 0 Å². The number of nitrogens with two attached hydrogens (primary N) is 1. The van der Waals surface area contributed by atoms with Gasteiger partial charge in [0.25, 0.3) is 0 Å². The zero-order valence-electron chi connectivity index (χ0n) is 21.8. The number of likely N-dealkylation sites (tertiary alicyclic amines) is 1. The van der Waals surface area contributed by atoms with Crippen LogP contribution in [0.5, 0.6) is 0 Å². The number of amides is 2. The van der Waals surface area contributed by atoms with Gasteiger partial charge in [-0.2, -0.15) is 0 Å². The van der Waals surface area contributed by atoms with Gasteiger partial charge in [0, 0.05) is 12.0 Å². The molecule has 192 valence electrons. The first-order valence-corrected chi connectivity index (χ1v) is 13.3. The number of piperidine rings is 1. The molecular weight excluding hydrogens is 468 g/mol. The van der Waals surface area contributed by atoms with E-state index in [2.05, 4.69) is 31.2 Å². The molecule has 1 unspecified atom stereocenters. The first-order chi connectivity index (χ1) is 18.5. The summed E-state index contributed by atoms with van der Waals surface area (Å²) in [6.45, 7) is 2.64. The third-order valence-electron chi connectivity index (χ3n) is 8.24. The van der Waals surface area contributed by atoms with Crippen molar-refractivity contribution in [3.05, 3.63) is 144 Å². The molecule has 0 aliphatic carbocycles. The second-order valence-electron chi connectivity index (χ2n) is 10.4. The van der Waals surface area contributed by atoms with Crippen LogP contribution < -0.4 is 5.73 Å². The smallest absolute Gasteiger partial charge is 0.240 e. The largest absolute Gasteiger partial charge is 0.368 e. The van der Waals surface area contributed by atoms with E-state index in [4.69, 9.17) is 5.73 Å². The highest BCUT2D eigenvalue weighted by Gasteiger charge is 2.50. The lowest BCUT2D eigenvalue weighted by atomic mass is 9.67. The van der Waals surface area contributed by atoms with Gasteiger partial charge in [-0.15, -0.1) is 0 Å². The fourth-order valence-electron chi connectivity index (χ4n) is 6.18. The minimum Gasteiger partial charge on any atom is -0.368 e. The van der Waals surface area contributed by atoms with Crippen molar-refractivity contribution in [3.8, 4) is 0 Å². The van der Waals surface area contributed by atoms with Crippen molar-refractivity contribution in [1.29, 1.82) is 0 Å². The van der Waals surface area contributed by atoms with Gasteiger partial charge in [0.1, 0.15) is 6.04 Å². The number of hydrogen-bond acceptors (Lipinski definition) is 2. The van der Waals surface area contributed by atoms with Gasteiger partial charge in [0.15, 0.2) is 0 Å². The lowest BCUT2D eigenvalue weighted by Gasteiger charge is -2.46. The summed E-state index contributed by atoms with van der Waals surface area (Å²) in [5.74, 6) is -0.540. The molecule has 2 amide bonds. The monoisotopic (exact) mass is 502 g/mol. The second kappa shape index (κ2) is 10.7. The Kier molecular flexibility index (Phi) is 7.15. The normalized spacial score (nSPS) is 16.1. The molecule has 4 nitrogen and oxygen atoms in total. The lowest BCUT2D eigenvalue weighted by Crippen LogP contribution is -2.59. The topological polar surface area (TPSA) is 63.4 Å². The molecule has 1 heterocycles. The van der Waals surface area contributed by atoms with E-state index in [1.807, 2.05) is 97.1 Å². The minimum absolute atomic E-state index is 0.0616. The van der Waals surface area contributed by atoms with Gasteiger partial charge in [0.05, 0.1) is 5.41 Å². The quantitative estimate of drug-likeness (QED) is 0.329. The molecule has 0 aromatic heterocycles. The first kappa shape index (κ1) is 25.5. The van der Waals surface area contributed by atoms with Gasteiger partial charge in [-0.05, 0) is 41.5 Å². The number of rotatable bonds is 8. The predicted molar refractivity (Wildman–Crippen MR) is 152 cm³/mol. The molecule has 1 atom stereocenters. The Balaban J connectivity index is 1.60. The molecule has 1 saturated heterocycles. The van der Waals surface area contributed by atoms with Crippen LogP contribution >= 0.6 is 0 Å². The summed E-state index contributed by atoms with van der Waals surface area (Å²) in [6.07, 6.45) is 1.84. The minimum atomic E-state index is -0.871. The fraction of sp³-hybridized carbons (Fsp3) is 0.235. The SMILES string of the molecule is CC(CC(C(N)=O)N1CCCC(c2ccccc2)(c2ccccc2)C1=O)(c1ccccc1)c1ccccc1. The fourth-order valence-corrected chi connectivity index (χ4v) is 6.18. The summed E-state index contributed by atoms with van der Waals surface area (Å²) in [4.78, 5) is 29.6. The molecule has 1 aliphatic heterocycles. The summed E-state index contributed by atoms with van der Waals surface area (Å²) < 4.78 is 0. The van der Waals surface area contributed by atoms with Crippen LogP contribution in [0.25, 0.3) is 0 Å². The number of primary amides is 1. The summed E-state index contributed by atoms with van der Waals surface area (Å²) in [7, 11) is 0. The van der Waals surface area contributed by atoms with Crippen LogP contribution in [-0.4, -0.2) is 29.3 Å². The third-order valence-corrected chi connectivity index (χ3v) is 8.24. The van der Waals surface area contributed by atoms with Crippen molar-refractivity contribution < 1.29 is 9.59 Å². The molecule has 5 rings (SSSR count). The summed E-state index contributed by atoms with van der Waals surface area (Å²) in [5, 5.41) is 0. The van der Waals surface area contributed by atoms with Crippen molar-refractivity contribution in [2.75, 3.05) is 6.54 Å². The summed E-state index contributed by atoms with van der Waals surface area (Å²) in [6, 6.07) is 39.5. The summed E-state index contributed by atoms with van der Waals surface area (Å²) in [5.41, 5.74) is 8.78. The predicted octanol–water partition coefficient (Wildman–Crippen LogP) is 5.85. The van der Waals surface area contributed by atoms with E-state index < -0.39 is 22.8 Å². The van der Waals surface area contributed by atoms with E-state index in [9.17, 15) is 9.59 Å². The van der Waals surface area contributed by atoms with Crippen LogP contribution in [0, 0.1) is 0 Å². The van der Waals surface area contributed by atoms with Crippen LogP contribution in [0.4, 0.5) is 0 Å². The van der Waals surface area contributed by atoms with Crippen molar-refractivity contribution in [2.45, 2.75) is 43.1 Å². The molecule has 0 saturated carbocycles. The Morgan fingerprint density at radius 2 is 1.21 bits per heavy atom. The molecule has 1 fully saturated rings. The molecule has 4 aromatic rings. The molecule has 4 heteroatoms. The standard InChI is InChI=1S/C34H34N2O2/c1-33(26-15-6-2-7-16-26,27-17-8-3-9-18-27)25-30(31(35)37)36-24-14-23-34(32(36)38,28-19-10-4-11-20-28)29-21-12-5-13-22-29/h2-13,15-22,30H,14,23-25H2,1H3,(H2,35,37). The highest BCUT2D eigenvalue weighted by molar-refractivity contribution is 5.96. The van der Waals surface area contributed by atoms with Crippen LogP contribution in [0.2, 0.25) is 0 Å². The number of benzene rings is 4. The van der Waals surface area contributed by atoms with Gasteiger partial charge < -0.3 is 10.6 Å². The maximum Gasteiger partial charge on any atom is 0.240 e. The Morgan fingerprint density at radius 1 is 0.789 bits per heavy atom.